The number of nitrogens with one attached hydrogen (secondary N) is 1. The maximum Gasteiger partial charge on any atom is 0.0380 e. The average Bonchev–Trinajstić information content (AvgIpc) is 2.59. The van der Waals surface area contributed by atoms with E-state index in [1.54, 1.807) is 0 Å². The summed E-state index contributed by atoms with van der Waals surface area (Å²) in [5.74, 6) is 0. The Labute approximate surface area is 146 Å². The van der Waals surface area contributed by atoms with Crippen LogP contribution in [0.3, 0.4) is 0 Å². The van der Waals surface area contributed by atoms with Gasteiger partial charge in [-0.3, -0.25) is 4.99 Å². The summed E-state index contributed by atoms with van der Waals surface area (Å²) in [6.07, 6.45) is 6.77. The molecule has 1 aromatic rings. The highest BCUT2D eigenvalue weighted by Gasteiger charge is 2.04. The number of hydrogen-bond acceptors (Lipinski definition) is 3. The van der Waals surface area contributed by atoms with Gasteiger partial charge in [0.2, 0.25) is 0 Å². The molecule has 0 heterocycles. The minimum absolute atomic E-state index is 0.541. The van der Waals surface area contributed by atoms with Crippen molar-refractivity contribution in [3.63, 3.8) is 0 Å². The van der Waals surface area contributed by atoms with Gasteiger partial charge in [-0.25, -0.2) is 0 Å². The Hall–Kier alpha value is -2.39. The Balaban J connectivity index is 2.89. The fraction of sp³-hybridized carbons (Fsp3) is 0.286. The zero-order chi connectivity index (χ0) is 18.1. The van der Waals surface area contributed by atoms with Crippen molar-refractivity contribution in [1.82, 2.24) is 5.32 Å². The number of rotatable bonds is 8. The molecule has 24 heavy (non-hydrogen) atoms. The molecule has 0 saturated heterocycles. The summed E-state index contributed by atoms with van der Waals surface area (Å²) in [7, 11) is 0. The average molecular weight is 323 g/mol. The fourth-order valence-corrected chi connectivity index (χ4v) is 2.29. The standard InChI is InChI=1S/C21H29N3/c1-7-18-9-10-20(11-21(18)12-22)17(6)24-13-16(5)19(8-2)14-23-15(3)4/h8-11,13-14,24H,3,6-7,12,22H2,1-2,4-5H3/b16-13+,19-8-,23-14?. The molecule has 0 atom stereocenters. The second kappa shape index (κ2) is 9.68. The maximum absolute atomic E-state index is 5.84. The van der Waals surface area contributed by atoms with Crippen molar-refractivity contribution in [2.24, 2.45) is 10.7 Å². The van der Waals surface area contributed by atoms with Gasteiger partial charge in [-0.1, -0.05) is 38.3 Å². The molecule has 0 fully saturated rings. The summed E-state index contributed by atoms with van der Waals surface area (Å²) in [5, 5.41) is 3.27. The number of nitrogens with zero attached hydrogens (tertiary/aromatic N) is 1. The van der Waals surface area contributed by atoms with Crippen molar-refractivity contribution in [3.05, 3.63) is 77.2 Å². The summed E-state index contributed by atoms with van der Waals surface area (Å²) >= 11 is 0. The normalized spacial score (nSPS) is 12.5. The zero-order valence-electron chi connectivity index (χ0n) is 15.3. The Morgan fingerprint density at radius 1 is 1.25 bits per heavy atom. The number of nitrogens with two attached hydrogens (primary N) is 1. The fourth-order valence-electron chi connectivity index (χ4n) is 2.29. The predicted molar refractivity (Wildman–Crippen MR) is 107 cm³/mol. The van der Waals surface area contributed by atoms with E-state index in [1.807, 2.05) is 39.3 Å². The van der Waals surface area contributed by atoms with Crippen molar-refractivity contribution < 1.29 is 0 Å². The van der Waals surface area contributed by atoms with Crippen molar-refractivity contribution in [3.8, 4) is 0 Å². The van der Waals surface area contributed by atoms with Gasteiger partial charge in [-0.05, 0) is 61.1 Å². The van der Waals surface area contributed by atoms with Crippen LogP contribution in [0.2, 0.25) is 0 Å². The summed E-state index contributed by atoms with van der Waals surface area (Å²) in [4.78, 5) is 4.25. The zero-order valence-corrected chi connectivity index (χ0v) is 15.3. The first-order chi connectivity index (χ1) is 11.4. The molecule has 1 aromatic carbocycles. The van der Waals surface area contributed by atoms with Gasteiger partial charge < -0.3 is 11.1 Å². The van der Waals surface area contributed by atoms with Gasteiger partial charge in [-0.15, -0.1) is 0 Å². The largest absolute Gasteiger partial charge is 0.361 e. The predicted octanol–water partition coefficient (Wildman–Crippen LogP) is 4.72. The van der Waals surface area contributed by atoms with E-state index in [2.05, 4.69) is 48.6 Å². The van der Waals surface area contributed by atoms with E-state index in [4.69, 9.17) is 5.73 Å². The van der Waals surface area contributed by atoms with E-state index in [1.165, 1.54) is 11.1 Å². The summed E-state index contributed by atoms with van der Waals surface area (Å²) in [6, 6.07) is 6.31. The first kappa shape index (κ1) is 19.7. The lowest BCUT2D eigenvalue weighted by atomic mass is 10.0. The third-order valence-corrected chi connectivity index (χ3v) is 3.81. The Kier molecular flexibility index (Phi) is 7.93. The molecule has 0 spiro atoms. The second-order valence-electron chi connectivity index (χ2n) is 5.73. The number of aliphatic imine (C=N–C) groups is 1. The smallest absolute Gasteiger partial charge is 0.0380 e. The molecular formula is C21H29N3. The molecule has 3 N–H and O–H groups in total. The van der Waals surface area contributed by atoms with Gasteiger partial charge in [-0.2, -0.15) is 0 Å². The third kappa shape index (κ3) is 5.67. The molecule has 0 aromatic heterocycles. The SMILES string of the molecule is C=C(C)N=CC(=C/C)/C(C)=C/NC(=C)c1ccc(CC)c(CN)c1. The third-order valence-electron chi connectivity index (χ3n) is 3.81. The number of benzene rings is 1. The lowest BCUT2D eigenvalue weighted by Gasteiger charge is -2.12. The number of aryl methyl sites for hydroxylation is 1. The lowest BCUT2D eigenvalue weighted by molar-refractivity contribution is 1.000. The lowest BCUT2D eigenvalue weighted by Crippen LogP contribution is -2.07. The highest BCUT2D eigenvalue weighted by atomic mass is 14.8. The van der Waals surface area contributed by atoms with Crippen LogP contribution in [0.5, 0.6) is 0 Å². The molecule has 3 nitrogen and oxygen atoms in total. The van der Waals surface area contributed by atoms with Crippen molar-refractivity contribution in [1.29, 1.82) is 0 Å². The second-order valence-corrected chi connectivity index (χ2v) is 5.73. The van der Waals surface area contributed by atoms with Crippen LogP contribution < -0.4 is 11.1 Å². The number of allylic oxidation sites excluding steroid dienone is 4. The van der Waals surface area contributed by atoms with E-state index in [9.17, 15) is 0 Å². The monoisotopic (exact) mass is 323 g/mol. The van der Waals surface area contributed by atoms with Gasteiger partial charge in [0.25, 0.3) is 0 Å². The molecule has 128 valence electrons. The van der Waals surface area contributed by atoms with E-state index in [-0.39, 0.29) is 0 Å². The molecule has 0 aliphatic heterocycles. The molecule has 0 aliphatic carbocycles. The Morgan fingerprint density at radius 3 is 2.50 bits per heavy atom. The molecule has 1 rings (SSSR count). The molecule has 0 radical (unpaired) electrons. The van der Waals surface area contributed by atoms with Gasteiger partial charge in [0, 0.05) is 30.4 Å². The van der Waals surface area contributed by atoms with Crippen molar-refractivity contribution in [2.75, 3.05) is 0 Å². The minimum atomic E-state index is 0.541. The van der Waals surface area contributed by atoms with Crippen LogP contribution in [-0.4, -0.2) is 6.21 Å². The van der Waals surface area contributed by atoms with Gasteiger partial charge in [0.1, 0.15) is 0 Å². The van der Waals surface area contributed by atoms with Gasteiger partial charge in [0.15, 0.2) is 0 Å². The molecule has 0 saturated carbocycles. The first-order valence-electron chi connectivity index (χ1n) is 8.23. The van der Waals surface area contributed by atoms with Crippen LogP contribution in [0.15, 0.2) is 65.5 Å². The Morgan fingerprint density at radius 2 is 1.96 bits per heavy atom. The van der Waals surface area contributed by atoms with Crippen LogP contribution >= 0.6 is 0 Å². The summed E-state index contributed by atoms with van der Waals surface area (Å²) in [5.41, 5.74) is 13.1. The van der Waals surface area contributed by atoms with E-state index in [0.29, 0.717) is 6.54 Å². The van der Waals surface area contributed by atoms with Gasteiger partial charge in [0.05, 0.1) is 0 Å². The number of hydrogen-bond donors (Lipinski definition) is 2. The highest BCUT2D eigenvalue weighted by Crippen LogP contribution is 2.17. The van der Waals surface area contributed by atoms with Crippen LogP contribution in [0, 0.1) is 0 Å². The Bertz CT molecular complexity index is 691. The van der Waals surface area contributed by atoms with Crippen molar-refractivity contribution in [2.45, 2.75) is 40.7 Å². The van der Waals surface area contributed by atoms with Gasteiger partial charge >= 0.3 is 0 Å². The molecular weight excluding hydrogens is 294 g/mol. The first-order valence-corrected chi connectivity index (χ1v) is 8.23. The maximum atomic E-state index is 5.84. The van der Waals surface area contributed by atoms with Crippen LogP contribution in [0.1, 0.15) is 44.4 Å². The van der Waals surface area contributed by atoms with E-state index in [0.717, 1.165) is 34.5 Å². The molecule has 3 heteroatoms. The van der Waals surface area contributed by atoms with Crippen LogP contribution in [-0.2, 0) is 13.0 Å². The van der Waals surface area contributed by atoms with Crippen molar-refractivity contribution >= 4 is 11.9 Å². The van der Waals surface area contributed by atoms with Crippen LogP contribution in [0.25, 0.3) is 5.70 Å². The summed E-state index contributed by atoms with van der Waals surface area (Å²) < 4.78 is 0. The molecule has 0 aliphatic rings. The molecule has 0 amide bonds. The summed E-state index contributed by atoms with van der Waals surface area (Å²) in [6.45, 7) is 16.5. The van der Waals surface area contributed by atoms with Crippen LogP contribution in [0.4, 0.5) is 0 Å². The minimum Gasteiger partial charge on any atom is -0.361 e. The molecule has 0 unspecified atom stereocenters. The molecule has 0 bridgehead atoms. The highest BCUT2D eigenvalue weighted by molar-refractivity contribution is 5.85. The van der Waals surface area contributed by atoms with E-state index < -0.39 is 0 Å². The van der Waals surface area contributed by atoms with E-state index >= 15 is 0 Å². The topological polar surface area (TPSA) is 50.4 Å². The quantitative estimate of drug-likeness (QED) is 0.537.